The molecule has 19 heteroatoms. The van der Waals surface area contributed by atoms with Gasteiger partial charge < -0.3 is 56.6 Å². The van der Waals surface area contributed by atoms with Crippen LogP contribution in [0.25, 0.3) is 5.76 Å². The first-order valence-corrected chi connectivity index (χ1v) is 21.3. The van der Waals surface area contributed by atoms with Crippen LogP contribution in [0.15, 0.2) is 35.1 Å². The van der Waals surface area contributed by atoms with Crippen LogP contribution < -0.4 is 11.1 Å². The molecule has 17 nitrogen and oxygen atoms in total. The van der Waals surface area contributed by atoms with Crippen LogP contribution in [0.5, 0.6) is 5.75 Å². The van der Waals surface area contributed by atoms with Gasteiger partial charge in [0.15, 0.2) is 11.4 Å². The number of carbonyl (C=O) groups excluding carboxylic acids is 4. The van der Waals surface area contributed by atoms with Gasteiger partial charge in [0.05, 0.1) is 34.7 Å². The number of nitrogens with zero attached hydrogens (tertiary/aromatic N) is 2. The van der Waals surface area contributed by atoms with Crippen LogP contribution in [0.1, 0.15) is 57.6 Å². The minimum atomic E-state index is -2.75. The lowest BCUT2D eigenvalue weighted by atomic mass is 9.54. The van der Waals surface area contributed by atoms with Crippen LogP contribution in [0.3, 0.4) is 0 Å². The maximum atomic E-state index is 13.7. The molecule has 0 aromatic heterocycles. The van der Waals surface area contributed by atoms with Gasteiger partial charge in [-0.1, -0.05) is 25.5 Å². The van der Waals surface area contributed by atoms with E-state index >= 15 is 0 Å². The summed E-state index contributed by atoms with van der Waals surface area (Å²) in [6.07, 6.45) is -0.298. The molecule has 1 aromatic carbocycles. The zero-order chi connectivity index (χ0) is 44.2. The highest BCUT2D eigenvalue weighted by Gasteiger charge is 2.66. The molecule has 6 rings (SSSR count). The minimum absolute atomic E-state index is 0.147. The van der Waals surface area contributed by atoms with Gasteiger partial charge in [0.1, 0.15) is 52.7 Å². The van der Waals surface area contributed by atoms with E-state index in [9.17, 15) is 60.0 Å². The van der Waals surface area contributed by atoms with Crippen LogP contribution >= 0.6 is 23.4 Å². The highest BCUT2D eigenvalue weighted by Crippen LogP contribution is 2.57. The lowest BCUT2D eigenvalue weighted by Crippen LogP contribution is -2.67. The van der Waals surface area contributed by atoms with E-state index in [1.807, 2.05) is 11.9 Å². The number of alkyl halides is 1. The van der Waals surface area contributed by atoms with Crippen LogP contribution in [-0.2, 0) is 29.5 Å². The van der Waals surface area contributed by atoms with Gasteiger partial charge in [0.25, 0.3) is 5.91 Å². The normalized spacial score (nSPS) is 36.9. The fourth-order valence-corrected chi connectivity index (χ4v) is 10.5. The number of ether oxygens (including phenoxy) is 1. The summed E-state index contributed by atoms with van der Waals surface area (Å²) >= 11 is 7.55. The number of fused-ring (bicyclic) bond motifs is 3. The van der Waals surface area contributed by atoms with Crippen LogP contribution in [0.4, 0.5) is 0 Å². The van der Waals surface area contributed by atoms with Crippen LogP contribution in [0, 0.1) is 17.8 Å². The van der Waals surface area contributed by atoms with Crippen molar-refractivity contribution in [1.82, 2.24) is 15.1 Å². The highest BCUT2D eigenvalue weighted by molar-refractivity contribution is 7.99. The van der Waals surface area contributed by atoms with Gasteiger partial charge >= 0.3 is 0 Å². The Kier molecular flexibility index (Phi) is 13.9. The van der Waals surface area contributed by atoms with E-state index in [1.165, 1.54) is 55.9 Å². The molecule has 328 valence electrons. The Balaban J connectivity index is 0.000000228. The van der Waals surface area contributed by atoms with E-state index < -0.39 is 116 Å². The zero-order valence-corrected chi connectivity index (χ0v) is 35.6. The molecule has 2 saturated heterocycles. The fraction of sp³-hybridized carbons (Fsp3) is 0.650. The van der Waals surface area contributed by atoms with Crippen LogP contribution in [0.2, 0.25) is 0 Å². The molecule has 11 N–H and O–H groups in total. The number of hydrogen-bond donors (Lipinski definition) is 10. The Morgan fingerprint density at radius 3 is 2.31 bits per heavy atom. The number of ketones is 2. The quantitative estimate of drug-likeness (QED) is 0.116. The average molecular weight is 869 g/mol. The van der Waals surface area contributed by atoms with Crippen molar-refractivity contribution in [2.75, 3.05) is 33.9 Å². The summed E-state index contributed by atoms with van der Waals surface area (Å²) in [5, 5.41) is 87.9. The fourth-order valence-electron chi connectivity index (χ4n) is 9.61. The lowest BCUT2D eigenvalue weighted by molar-refractivity contribution is -0.205. The Morgan fingerprint density at radius 2 is 1.75 bits per heavy atom. The zero-order valence-electron chi connectivity index (χ0n) is 34.1. The number of aliphatic hydroxyl groups is 7. The summed E-state index contributed by atoms with van der Waals surface area (Å²) < 4.78 is 5.79. The molecule has 0 spiro atoms. The second kappa shape index (κ2) is 17.6. The average Bonchev–Trinajstić information content (AvgIpc) is 3.53. The third kappa shape index (κ3) is 8.01. The molecule has 2 heterocycles. The highest BCUT2D eigenvalue weighted by atomic mass is 35.5. The maximum absolute atomic E-state index is 13.7. The van der Waals surface area contributed by atoms with Gasteiger partial charge in [-0.25, -0.2) is 0 Å². The monoisotopic (exact) mass is 868 g/mol. The second-order valence-electron chi connectivity index (χ2n) is 16.7. The Morgan fingerprint density at radius 1 is 1.10 bits per heavy atom. The van der Waals surface area contributed by atoms with E-state index in [2.05, 4.69) is 12.2 Å². The molecule has 2 aliphatic heterocycles. The van der Waals surface area contributed by atoms with Crippen molar-refractivity contribution in [2.45, 2.75) is 111 Å². The number of nitrogens with two attached hydrogens (primary N) is 1. The third-order valence-electron chi connectivity index (χ3n) is 12.7. The van der Waals surface area contributed by atoms with E-state index in [4.69, 9.17) is 22.1 Å². The number of likely N-dealkylation sites (tertiary alicyclic amines) is 1. The minimum Gasteiger partial charge on any atom is -0.508 e. The van der Waals surface area contributed by atoms with Gasteiger partial charge in [0, 0.05) is 24.0 Å². The van der Waals surface area contributed by atoms with E-state index in [-0.39, 0.29) is 29.5 Å². The van der Waals surface area contributed by atoms with E-state index in [0.29, 0.717) is 5.92 Å². The first-order valence-electron chi connectivity index (χ1n) is 19.5. The summed E-state index contributed by atoms with van der Waals surface area (Å²) in [6, 6.07) is 2.08. The molecule has 3 fully saturated rings. The molecule has 2 amide bonds. The standard InChI is InChI=1S/C22H24N2O8.C18H33ClN2O5S/c1-21(31)8-5-4-6-11(25)12(8)16(26)13-9(21)7-10-15(24(2)3)17(27)14(20(23)30)19(29)22(10,32)18(13)28;1-5-6-10-7-11(21(3)8-10)17(25)20-12(9(2)19)16-14(23)13(22)15(24)18(26-16)27-4/h4-6,9-10,15,25-26,29,31-32H,7H2,1-3H3,(H2,23,30);9-16,18,22-24H,5-8H2,1-4H3,(H,20,25)/t9-,10-,15-,21+,22-;9-,10+,11-,12+,13-,14+,15+,16+,18+/m00/s1. The van der Waals surface area contributed by atoms with E-state index in [0.717, 1.165) is 25.8 Å². The molecule has 3 aliphatic carbocycles. The number of aliphatic hydroxyl groups excluding tert-OH is 5. The van der Waals surface area contributed by atoms with Crippen molar-refractivity contribution >= 4 is 52.5 Å². The molecule has 0 bridgehead atoms. The van der Waals surface area contributed by atoms with Crippen molar-refractivity contribution in [3.8, 4) is 5.75 Å². The number of rotatable bonds is 9. The Bertz CT molecular complexity index is 1890. The Labute approximate surface area is 351 Å². The molecular formula is C40H57ClN4O13S. The number of phenols is 1. The number of amides is 2. The van der Waals surface area contributed by atoms with Crippen LogP contribution in [-0.4, -0.2) is 167 Å². The van der Waals surface area contributed by atoms with Crippen molar-refractivity contribution in [3.05, 3.63) is 46.2 Å². The first kappa shape index (κ1) is 46.8. The van der Waals surface area contributed by atoms with Crippen molar-refractivity contribution < 1.29 is 64.8 Å². The largest absolute Gasteiger partial charge is 0.508 e. The summed E-state index contributed by atoms with van der Waals surface area (Å²) in [5.41, 5.74) is -1.25. The molecular weight excluding hydrogens is 812 g/mol. The molecule has 1 aromatic rings. The number of phenolic OH excluding ortho intramolecular Hbond substituents is 1. The number of hydrogen-bond acceptors (Lipinski definition) is 16. The molecule has 14 atom stereocenters. The predicted molar refractivity (Wildman–Crippen MR) is 217 cm³/mol. The summed E-state index contributed by atoms with van der Waals surface area (Å²) in [6.45, 7) is 6.14. The van der Waals surface area contributed by atoms with Gasteiger partial charge in [-0.2, -0.15) is 0 Å². The number of aromatic hydroxyl groups is 1. The molecule has 5 aliphatic rings. The van der Waals surface area contributed by atoms with Gasteiger partial charge in [0.2, 0.25) is 11.7 Å². The Hall–Kier alpha value is -3.30. The number of carbonyl (C=O) groups is 4. The van der Waals surface area contributed by atoms with Crippen molar-refractivity contribution in [3.63, 3.8) is 0 Å². The lowest BCUT2D eigenvalue weighted by Gasteiger charge is -2.53. The van der Waals surface area contributed by atoms with Gasteiger partial charge in [-0.3, -0.25) is 29.0 Å². The first-order chi connectivity index (χ1) is 27.5. The number of thioether (sulfide) groups is 1. The number of nitrogens with one attached hydrogen (secondary N) is 1. The van der Waals surface area contributed by atoms with Gasteiger partial charge in [-0.15, -0.1) is 23.4 Å². The number of Topliss-reactive ketones (excluding diaryl/α,β-unsaturated/α-hetero) is 2. The number of benzene rings is 1. The number of likely N-dealkylation sites (N-methyl/N-ethyl adjacent to an activating group) is 2. The molecule has 0 unspecified atom stereocenters. The van der Waals surface area contributed by atoms with E-state index in [1.54, 1.807) is 13.2 Å². The summed E-state index contributed by atoms with van der Waals surface area (Å²) in [5.74, 6) is -7.55. The van der Waals surface area contributed by atoms with Crippen molar-refractivity contribution in [2.24, 2.45) is 23.5 Å². The SMILES string of the molecule is CCC[C@@H]1C[C@@H](C(=O)N[C@@H]([C@H]2O[C@H](SC)[C@H](O)[C@@H](O)[C@H]2O)[C@H](C)Cl)N(C)C1.CN(C)[C@@H]1C(=O)C(C(N)=O)=C(O)[C@@]2(O)C(=O)C3=C(O)c4c(O)cccc4[C@@](C)(O)[C@H]3C[C@@H]12. The summed E-state index contributed by atoms with van der Waals surface area (Å²) in [7, 11) is 4.95. The number of halogens is 1. The number of primary amides is 1. The van der Waals surface area contributed by atoms with Gasteiger partial charge in [-0.05, 0) is 78.1 Å². The smallest absolute Gasteiger partial charge is 0.255 e. The topological polar surface area (TPSA) is 284 Å². The molecule has 59 heavy (non-hydrogen) atoms. The second-order valence-corrected chi connectivity index (χ2v) is 18.3. The summed E-state index contributed by atoms with van der Waals surface area (Å²) in [4.78, 5) is 54.9. The molecule has 1 saturated carbocycles. The third-order valence-corrected chi connectivity index (χ3v) is 13.8. The maximum Gasteiger partial charge on any atom is 0.255 e. The molecule has 0 radical (unpaired) electrons. The van der Waals surface area contributed by atoms with Crippen molar-refractivity contribution in [1.29, 1.82) is 0 Å². The predicted octanol–water partition coefficient (Wildman–Crippen LogP) is 0.0185.